The molecule has 0 radical (unpaired) electrons. The van der Waals surface area contributed by atoms with Gasteiger partial charge in [-0.05, 0) is 38.0 Å². The summed E-state index contributed by atoms with van der Waals surface area (Å²) in [6.45, 7) is 8.54. The molecule has 2 fully saturated rings. The first-order valence-electron chi connectivity index (χ1n) is 8.28. The number of imidazole rings is 1. The first-order chi connectivity index (χ1) is 10.3. The highest BCUT2D eigenvalue weighted by Crippen LogP contribution is 2.30. The van der Waals surface area contributed by atoms with Crippen molar-refractivity contribution < 1.29 is 0 Å². The molecule has 21 heavy (non-hydrogen) atoms. The Kier molecular flexibility index (Phi) is 4.46. The molecular weight excluding hydrogens is 262 g/mol. The van der Waals surface area contributed by atoms with Gasteiger partial charge in [0.2, 0.25) is 0 Å². The van der Waals surface area contributed by atoms with Crippen LogP contribution in [0.5, 0.6) is 0 Å². The molecule has 1 aromatic heterocycles. The summed E-state index contributed by atoms with van der Waals surface area (Å²) in [5.41, 5.74) is 0. The van der Waals surface area contributed by atoms with Crippen molar-refractivity contribution in [1.82, 2.24) is 19.8 Å². The van der Waals surface area contributed by atoms with Crippen LogP contribution >= 0.6 is 0 Å². The third-order valence-electron chi connectivity index (χ3n) is 4.66. The molecule has 0 bridgehead atoms. The van der Waals surface area contributed by atoms with Gasteiger partial charge >= 0.3 is 0 Å². The van der Waals surface area contributed by atoms with E-state index in [-0.39, 0.29) is 0 Å². The first kappa shape index (κ1) is 14.4. The highest BCUT2D eigenvalue weighted by atomic mass is 15.3. The number of aliphatic imine (C=N–C) groups is 1. The van der Waals surface area contributed by atoms with Crippen LogP contribution < -0.4 is 5.32 Å². The predicted octanol–water partition coefficient (Wildman–Crippen LogP) is 2.14. The lowest BCUT2D eigenvalue weighted by Gasteiger charge is -2.39. The second kappa shape index (κ2) is 6.50. The summed E-state index contributed by atoms with van der Waals surface area (Å²) in [7, 11) is 0. The number of hydrogen-bond donors (Lipinski definition) is 1. The van der Waals surface area contributed by atoms with Crippen LogP contribution in [0.2, 0.25) is 0 Å². The Labute approximate surface area is 127 Å². The average Bonchev–Trinajstić information content (AvgIpc) is 3.16. The second-order valence-corrected chi connectivity index (χ2v) is 6.43. The molecule has 1 saturated heterocycles. The third kappa shape index (κ3) is 3.57. The van der Waals surface area contributed by atoms with E-state index in [0.29, 0.717) is 12.0 Å². The van der Waals surface area contributed by atoms with E-state index in [1.807, 2.05) is 12.5 Å². The Morgan fingerprint density at radius 3 is 2.90 bits per heavy atom. The van der Waals surface area contributed by atoms with E-state index in [2.05, 4.69) is 39.8 Å². The summed E-state index contributed by atoms with van der Waals surface area (Å²) in [5.74, 6) is 2.62. The number of likely N-dealkylation sites (tertiary alicyclic amines) is 1. The molecule has 1 aromatic rings. The van der Waals surface area contributed by atoms with Gasteiger partial charge in [-0.15, -0.1) is 0 Å². The van der Waals surface area contributed by atoms with Gasteiger partial charge in [0.25, 0.3) is 0 Å². The minimum absolute atomic E-state index is 0.492. The van der Waals surface area contributed by atoms with Gasteiger partial charge < -0.3 is 14.8 Å². The van der Waals surface area contributed by atoms with E-state index in [1.165, 1.54) is 19.3 Å². The van der Waals surface area contributed by atoms with E-state index in [1.54, 1.807) is 0 Å². The maximum atomic E-state index is 4.85. The molecule has 0 spiro atoms. The molecule has 2 atom stereocenters. The Balaban J connectivity index is 1.69. The molecule has 116 valence electrons. The predicted molar refractivity (Wildman–Crippen MR) is 85.3 cm³/mol. The van der Waals surface area contributed by atoms with Crippen LogP contribution in [0.25, 0.3) is 0 Å². The molecule has 1 aliphatic carbocycles. The number of guanidine groups is 1. The second-order valence-electron chi connectivity index (χ2n) is 6.43. The van der Waals surface area contributed by atoms with Crippen molar-refractivity contribution in [1.29, 1.82) is 0 Å². The van der Waals surface area contributed by atoms with Crippen molar-refractivity contribution in [3.05, 3.63) is 18.7 Å². The number of nitrogens with one attached hydrogen (secondary N) is 1. The van der Waals surface area contributed by atoms with Gasteiger partial charge in [0.05, 0.1) is 12.4 Å². The maximum absolute atomic E-state index is 4.85. The summed E-state index contributed by atoms with van der Waals surface area (Å²) in [6.07, 6.45) is 9.82. The lowest BCUT2D eigenvalue weighted by molar-refractivity contribution is 0.189. The van der Waals surface area contributed by atoms with Crippen molar-refractivity contribution >= 4 is 5.96 Å². The SMILES string of the molecule is CCNC(=NCC1CC1)N1CCC(C)C(n2ccnc2)C1. The van der Waals surface area contributed by atoms with Crippen molar-refractivity contribution in [3.63, 3.8) is 0 Å². The number of aromatic nitrogens is 2. The van der Waals surface area contributed by atoms with Crippen LogP contribution in [-0.2, 0) is 0 Å². The van der Waals surface area contributed by atoms with E-state index in [9.17, 15) is 0 Å². The van der Waals surface area contributed by atoms with Gasteiger partial charge in [0.15, 0.2) is 5.96 Å². The van der Waals surface area contributed by atoms with Crippen LogP contribution in [0.15, 0.2) is 23.7 Å². The van der Waals surface area contributed by atoms with Crippen LogP contribution in [0.1, 0.15) is 39.2 Å². The molecule has 1 saturated carbocycles. The average molecular weight is 289 g/mol. The Bertz CT molecular complexity index is 463. The number of rotatable bonds is 4. The van der Waals surface area contributed by atoms with E-state index >= 15 is 0 Å². The zero-order valence-corrected chi connectivity index (χ0v) is 13.2. The van der Waals surface area contributed by atoms with Crippen LogP contribution in [-0.4, -0.2) is 46.6 Å². The summed E-state index contributed by atoms with van der Waals surface area (Å²) < 4.78 is 2.25. The Morgan fingerprint density at radius 1 is 1.38 bits per heavy atom. The van der Waals surface area contributed by atoms with Gasteiger partial charge in [-0.25, -0.2) is 4.98 Å². The van der Waals surface area contributed by atoms with Crippen LogP contribution in [0, 0.1) is 11.8 Å². The monoisotopic (exact) mass is 289 g/mol. The third-order valence-corrected chi connectivity index (χ3v) is 4.66. The number of piperidine rings is 1. The highest BCUT2D eigenvalue weighted by Gasteiger charge is 2.29. The van der Waals surface area contributed by atoms with Gasteiger partial charge in [0, 0.05) is 38.6 Å². The van der Waals surface area contributed by atoms with Gasteiger partial charge in [0.1, 0.15) is 0 Å². The van der Waals surface area contributed by atoms with Crippen molar-refractivity contribution in [2.75, 3.05) is 26.2 Å². The topological polar surface area (TPSA) is 45.5 Å². The zero-order chi connectivity index (χ0) is 14.7. The quantitative estimate of drug-likeness (QED) is 0.682. The smallest absolute Gasteiger partial charge is 0.193 e. The largest absolute Gasteiger partial charge is 0.357 e. The van der Waals surface area contributed by atoms with Crippen molar-refractivity contribution in [2.24, 2.45) is 16.8 Å². The Morgan fingerprint density at radius 2 is 2.24 bits per heavy atom. The van der Waals surface area contributed by atoms with E-state index < -0.39 is 0 Å². The lowest BCUT2D eigenvalue weighted by Crippen LogP contribution is -2.49. The Hall–Kier alpha value is -1.52. The fourth-order valence-electron chi connectivity index (χ4n) is 3.04. The fraction of sp³-hybridized carbons (Fsp3) is 0.750. The summed E-state index contributed by atoms with van der Waals surface area (Å²) in [6, 6.07) is 0.492. The van der Waals surface area contributed by atoms with Crippen molar-refractivity contribution in [2.45, 2.75) is 39.2 Å². The molecule has 2 unspecified atom stereocenters. The molecule has 5 nitrogen and oxygen atoms in total. The van der Waals surface area contributed by atoms with Crippen molar-refractivity contribution in [3.8, 4) is 0 Å². The molecule has 3 rings (SSSR count). The minimum atomic E-state index is 0.492. The number of nitrogens with zero attached hydrogens (tertiary/aromatic N) is 4. The zero-order valence-electron chi connectivity index (χ0n) is 13.2. The molecule has 2 heterocycles. The summed E-state index contributed by atoms with van der Waals surface area (Å²) in [4.78, 5) is 11.5. The van der Waals surface area contributed by atoms with Gasteiger partial charge in [-0.1, -0.05) is 6.92 Å². The lowest BCUT2D eigenvalue weighted by atomic mass is 9.93. The summed E-state index contributed by atoms with van der Waals surface area (Å²) >= 11 is 0. The molecule has 5 heteroatoms. The fourth-order valence-corrected chi connectivity index (χ4v) is 3.04. The molecule has 0 aromatic carbocycles. The minimum Gasteiger partial charge on any atom is -0.357 e. The maximum Gasteiger partial charge on any atom is 0.193 e. The van der Waals surface area contributed by atoms with Crippen LogP contribution in [0.4, 0.5) is 0 Å². The molecule has 0 amide bonds. The highest BCUT2D eigenvalue weighted by molar-refractivity contribution is 5.80. The molecule has 1 N–H and O–H groups in total. The normalized spacial score (nSPS) is 27.0. The molecule has 1 aliphatic heterocycles. The standard InChI is InChI=1S/C16H27N5/c1-3-18-16(19-10-14-4-5-14)20-8-6-13(2)15(11-20)21-9-7-17-12-21/h7,9,12-15H,3-6,8,10-11H2,1-2H3,(H,18,19). The summed E-state index contributed by atoms with van der Waals surface area (Å²) in [5, 5.41) is 3.47. The van der Waals surface area contributed by atoms with Crippen LogP contribution in [0.3, 0.4) is 0 Å². The van der Waals surface area contributed by atoms with Gasteiger partial charge in [-0.3, -0.25) is 4.99 Å². The molecular formula is C16H27N5. The van der Waals surface area contributed by atoms with Gasteiger partial charge in [-0.2, -0.15) is 0 Å². The molecule has 2 aliphatic rings. The van der Waals surface area contributed by atoms with E-state index in [4.69, 9.17) is 4.99 Å². The first-order valence-corrected chi connectivity index (χ1v) is 8.28. The number of hydrogen-bond acceptors (Lipinski definition) is 2. The van der Waals surface area contributed by atoms with E-state index in [0.717, 1.165) is 38.1 Å².